The molecule has 2 heteroatoms. The summed E-state index contributed by atoms with van der Waals surface area (Å²) in [5.74, 6) is 0.995. The lowest BCUT2D eigenvalue weighted by atomic mass is 9.73. The Balaban J connectivity index is 1.90. The van der Waals surface area contributed by atoms with Crippen LogP contribution in [0.2, 0.25) is 0 Å². The van der Waals surface area contributed by atoms with Gasteiger partial charge in [-0.05, 0) is 57.5 Å². The monoisotopic (exact) mass is 252 g/mol. The largest absolute Gasteiger partial charge is 0.316 e. The summed E-state index contributed by atoms with van der Waals surface area (Å²) < 4.78 is 0. The first-order valence-electron chi connectivity index (χ1n) is 8.08. The first-order chi connectivity index (χ1) is 8.67. The lowest BCUT2D eigenvalue weighted by molar-refractivity contribution is 0.0915. The number of hydrogen-bond donors (Lipinski definition) is 1. The Morgan fingerprint density at radius 1 is 1.22 bits per heavy atom. The first-order valence-corrected chi connectivity index (χ1v) is 8.08. The van der Waals surface area contributed by atoms with Crippen molar-refractivity contribution in [3.63, 3.8) is 0 Å². The van der Waals surface area contributed by atoms with Gasteiger partial charge >= 0.3 is 0 Å². The molecule has 0 heterocycles. The van der Waals surface area contributed by atoms with E-state index >= 15 is 0 Å². The van der Waals surface area contributed by atoms with Gasteiger partial charge in [0.25, 0.3) is 0 Å². The second-order valence-electron chi connectivity index (χ2n) is 6.83. The smallest absolute Gasteiger partial charge is 0.00923 e. The van der Waals surface area contributed by atoms with Gasteiger partial charge in [-0.15, -0.1) is 0 Å². The Bertz CT molecular complexity index is 241. The molecule has 0 aromatic carbocycles. The van der Waals surface area contributed by atoms with Crippen molar-refractivity contribution >= 4 is 0 Å². The quantitative estimate of drug-likeness (QED) is 0.748. The molecule has 0 bridgehead atoms. The fourth-order valence-electron chi connectivity index (χ4n) is 3.69. The minimum atomic E-state index is 0.562. The number of hydrogen-bond acceptors (Lipinski definition) is 2. The van der Waals surface area contributed by atoms with Crippen LogP contribution in [0.15, 0.2) is 0 Å². The van der Waals surface area contributed by atoms with Crippen LogP contribution in [0.1, 0.15) is 58.8 Å². The van der Waals surface area contributed by atoms with Crippen LogP contribution in [0.4, 0.5) is 0 Å². The summed E-state index contributed by atoms with van der Waals surface area (Å²) in [5, 5.41) is 3.62. The molecule has 1 atom stereocenters. The topological polar surface area (TPSA) is 15.3 Å². The average Bonchev–Trinajstić information content (AvgIpc) is 3.21. The average molecular weight is 252 g/mol. The van der Waals surface area contributed by atoms with Crippen molar-refractivity contribution in [2.45, 2.75) is 64.8 Å². The third-order valence-corrected chi connectivity index (χ3v) is 5.25. The molecule has 2 saturated carbocycles. The molecule has 2 aliphatic rings. The van der Waals surface area contributed by atoms with Crippen molar-refractivity contribution in [2.75, 3.05) is 26.7 Å². The van der Waals surface area contributed by atoms with E-state index in [1.807, 2.05) is 0 Å². The summed E-state index contributed by atoms with van der Waals surface area (Å²) in [7, 11) is 2.35. The summed E-state index contributed by atoms with van der Waals surface area (Å²) >= 11 is 0. The van der Waals surface area contributed by atoms with Gasteiger partial charge in [0.2, 0.25) is 0 Å². The van der Waals surface area contributed by atoms with E-state index in [0.29, 0.717) is 5.41 Å². The van der Waals surface area contributed by atoms with Gasteiger partial charge in [-0.3, -0.25) is 0 Å². The molecule has 0 amide bonds. The Morgan fingerprint density at radius 2 is 1.89 bits per heavy atom. The maximum absolute atomic E-state index is 3.62. The second-order valence-corrected chi connectivity index (χ2v) is 6.83. The van der Waals surface area contributed by atoms with Crippen molar-refractivity contribution in [2.24, 2.45) is 11.3 Å². The summed E-state index contributed by atoms with van der Waals surface area (Å²) in [6.45, 7) is 8.31. The third-order valence-electron chi connectivity index (χ3n) is 5.25. The number of rotatable bonds is 7. The molecule has 2 nitrogen and oxygen atoms in total. The van der Waals surface area contributed by atoms with E-state index in [9.17, 15) is 0 Å². The highest BCUT2D eigenvalue weighted by Gasteiger charge is 2.36. The van der Waals surface area contributed by atoms with Gasteiger partial charge < -0.3 is 10.2 Å². The van der Waals surface area contributed by atoms with Gasteiger partial charge in [-0.25, -0.2) is 0 Å². The zero-order valence-corrected chi connectivity index (χ0v) is 12.7. The van der Waals surface area contributed by atoms with Gasteiger partial charge in [-0.1, -0.05) is 26.2 Å². The molecule has 1 N–H and O–H groups in total. The van der Waals surface area contributed by atoms with Crippen LogP contribution < -0.4 is 5.32 Å². The lowest BCUT2D eigenvalue weighted by Crippen LogP contribution is -2.47. The predicted octanol–water partition coefficient (Wildman–Crippen LogP) is 3.28. The Morgan fingerprint density at radius 3 is 2.44 bits per heavy atom. The second kappa shape index (κ2) is 6.38. The predicted molar refractivity (Wildman–Crippen MR) is 78.9 cm³/mol. The van der Waals surface area contributed by atoms with E-state index in [0.717, 1.165) is 18.5 Å². The van der Waals surface area contributed by atoms with E-state index in [1.165, 1.54) is 58.0 Å². The van der Waals surface area contributed by atoms with Crippen LogP contribution in [0.3, 0.4) is 0 Å². The highest BCUT2D eigenvalue weighted by atomic mass is 15.1. The van der Waals surface area contributed by atoms with E-state index in [2.05, 4.69) is 31.1 Å². The number of nitrogens with zero attached hydrogens (tertiary/aromatic N) is 1. The van der Waals surface area contributed by atoms with Crippen molar-refractivity contribution in [1.29, 1.82) is 0 Å². The molecule has 0 aromatic rings. The Hall–Kier alpha value is -0.0800. The molecular formula is C16H32N2. The fourth-order valence-corrected chi connectivity index (χ4v) is 3.69. The highest BCUT2D eigenvalue weighted by Crippen LogP contribution is 2.39. The maximum Gasteiger partial charge on any atom is 0.00923 e. The molecule has 106 valence electrons. The molecule has 0 saturated heterocycles. The minimum Gasteiger partial charge on any atom is -0.316 e. The molecule has 0 spiro atoms. The van der Waals surface area contributed by atoms with Crippen LogP contribution in [0, 0.1) is 11.3 Å². The molecule has 0 aliphatic heterocycles. The van der Waals surface area contributed by atoms with E-state index in [-0.39, 0.29) is 0 Å². The standard InChI is InChI=1S/C16H32N2/c1-4-17-12-16(10-6-5-7-11-16)13-18(3)14(2)15-8-9-15/h14-15,17H,4-13H2,1-3H3. The van der Waals surface area contributed by atoms with Crippen molar-refractivity contribution in [1.82, 2.24) is 10.2 Å². The zero-order chi connectivity index (χ0) is 13.0. The van der Waals surface area contributed by atoms with Crippen molar-refractivity contribution in [3.8, 4) is 0 Å². The summed E-state index contributed by atoms with van der Waals surface area (Å²) in [6.07, 6.45) is 10.1. The number of nitrogens with one attached hydrogen (secondary N) is 1. The summed E-state index contributed by atoms with van der Waals surface area (Å²) in [4.78, 5) is 2.65. The molecule has 18 heavy (non-hydrogen) atoms. The Labute approximate surface area is 114 Å². The van der Waals surface area contributed by atoms with Crippen molar-refractivity contribution in [3.05, 3.63) is 0 Å². The van der Waals surface area contributed by atoms with E-state index in [4.69, 9.17) is 0 Å². The Kier molecular flexibility index (Phi) is 5.08. The molecule has 2 aliphatic carbocycles. The normalized spacial score (nSPS) is 25.3. The molecule has 1 unspecified atom stereocenters. The van der Waals surface area contributed by atoms with Crippen LogP contribution in [0.5, 0.6) is 0 Å². The molecule has 2 fully saturated rings. The third kappa shape index (κ3) is 3.71. The summed E-state index contributed by atoms with van der Waals surface area (Å²) in [5.41, 5.74) is 0.562. The van der Waals surface area contributed by atoms with E-state index < -0.39 is 0 Å². The van der Waals surface area contributed by atoms with Gasteiger partial charge in [0.05, 0.1) is 0 Å². The lowest BCUT2D eigenvalue weighted by Gasteiger charge is -2.42. The molecule has 2 rings (SSSR count). The fraction of sp³-hybridized carbons (Fsp3) is 1.00. The molecule has 0 radical (unpaired) electrons. The SMILES string of the molecule is CCNCC1(CN(C)C(C)C2CC2)CCCCC1. The van der Waals surface area contributed by atoms with Crippen LogP contribution in [-0.4, -0.2) is 37.6 Å². The van der Waals surface area contributed by atoms with Crippen LogP contribution in [-0.2, 0) is 0 Å². The van der Waals surface area contributed by atoms with Gasteiger partial charge in [0.1, 0.15) is 0 Å². The van der Waals surface area contributed by atoms with Crippen LogP contribution >= 0.6 is 0 Å². The molecule has 0 aromatic heterocycles. The maximum atomic E-state index is 3.62. The first kappa shape index (κ1) is 14.3. The highest BCUT2D eigenvalue weighted by molar-refractivity contribution is 4.91. The minimum absolute atomic E-state index is 0.562. The summed E-state index contributed by atoms with van der Waals surface area (Å²) in [6, 6.07) is 0.797. The van der Waals surface area contributed by atoms with Gasteiger partial charge in [0, 0.05) is 19.1 Å². The van der Waals surface area contributed by atoms with Gasteiger partial charge in [-0.2, -0.15) is 0 Å². The van der Waals surface area contributed by atoms with Crippen molar-refractivity contribution < 1.29 is 0 Å². The van der Waals surface area contributed by atoms with E-state index in [1.54, 1.807) is 0 Å². The zero-order valence-electron chi connectivity index (χ0n) is 12.7. The van der Waals surface area contributed by atoms with Crippen LogP contribution in [0.25, 0.3) is 0 Å². The van der Waals surface area contributed by atoms with Gasteiger partial charge in [0.15, 0.2) is 0 Å². The molecular weight excluding hydrogens is 220 g/mol.